The van der Waals surface area contributed by atoms with Gasteiger partial charge >= 0.3 is 0 Å². The van der Waals surface area contributed by atoms with E-state index in [1.165, 1.54) is 30.2 Å². The molecule has 128 valence electrons. The average Bonchev–Trinajstić information content (AvgIpc) is 3.36. The van der Waals surface area contributed by atoms with Gasteiger partial charge in [-0.15, -0.1) is 10.2 Å². The van der Waals surface area contributed by atoms with Crippen molar-refractivity contribution in [3.63, 3.8) is 0 Å². The van der Waals surface area contributed by atoms with Crippen LogP contribution < -0.4 is 5.32 Å². The zero-order valence-electron chi connectivity index (χ0n) is 13.8. The van der Waals surface area contributed by atoms with Crippen LogP contribution in [0.1, 0.15) is 30.3 Å². The molecule has 0 aliphatic heterocycles. The summed E-state index contributed by atoms with van der Waals surface area (Å²) < 4.78 is 2.16. The van der Waals surface area contributed by atoms with E-state index in [9.17, 15) is 4.79 Å². The minimum atomic E-state index is 0.0586. The van der Waals surface area contributed by atoms with Crippen molar-refractivity contribution >= 4 is 29.4 Å². The van der Waals surface area contributed by atoms with Crippen molar-refractivity contribution in [2.24, 2.45) is 0 Å². The highest BCUT2D eigenvalue weighted by Crippen LogP contribution is 2.38. The van der Waals surface area contributed by atoms with Crippen LogP contribution in [0.25, 0.3) is 0 Å². The Kier molecular flexibility index (Phi) is 6.20. The number of aryl methyl sites for hydroxylation is 1. The van der Waals surface area contributed by atoms with Crippen LogP contribution in [0.5, 0.6) is 0 Å². The molecule has 1 fully saturated rings. The van der Waals surface area contributed by atoms with E-state index in [0.717, 1.165) is 22.5 Å². The topological polar surface area (TPSA) is 59.8 Å². The second-order valence-electron chi connectivity index (χ2n) is 5.81. The standard InChI is InChI=1S/C17H22N4OS2/c1-13-19-20-17(21(13)15-7-8-15)24-12-16(22)18-9-10-23-11-14-5-3-2-4-6-14/h2-6,15H,7-12H2,1H3,(H,18,22). The van der Waals surface area contributed by atoms with E-state index < -0.39 is 0 Å². The summed E-state index contributed by atoms with van der Waals surface area (Å²) in [5.74, 6) is 3.30. The third-order valence-electron chi connectivity index (χ3n) is 3.76. The molecule has 1 heterocycles. The van der Waals surface area contributed by atoms with Gasteiger partial charge in [0.2, 0.25) is 5.91 Å². The van der Waals surface area contributed by atoms with Gasteiger partial charge in [0.15, 0.2) is 5.16 Å². The maximum absolute atomic E-state index is 12.0. The number of nitrogens with zero attached hydrogens (tertiary/aromatic N) is 3. The van der Waals surface area contributed by atoms with Crippen molar-refractivity contribution in [3.8, 4) is 0 Å². The smallest absolute Gasteiger partial charge is 0.230 e. The van der Waals surface area contributed by atoms with E-state index in [1.54, 1.807) is 0 Å². The van der Waals surface area contributed by atoms with Crippen LogP contribution in [0.3, 0.4) is 0 Å². The molecule has 0 saturated heterocycles. The summed E-state index contributed by atoms with van der Waals surface area (Å²) in [6.45, 7) is 2.67. The summed E-state index contributed by atoms with van der Waals surface area (Å²) in [7, 11) is 0. The Balaban J connectivity index is 1.32. The Bertz CT molecular complexity index is 670. The first kappa shape index (κ1) is 17.4. The second kappa shape index (κ2) is 8.58. The maximum Gasteiger partial charge on any atom is 0.230 e. The molecule has 1 aromatic heterocycles. The summed E-state index contributed by atoms with van der Waals surface area (Å²) in [6, 6.07) is 10.9. The van der Waals surface area contributed by atoms with Crippen LogP contribution in [0.4, 0.5) is 0 Å². The summed E-state index contributed by atoms with van der Waals surface area (Å²) in [4.78, 5) is 12.0. The number of hydrogen-bond acceptors (Lipinski definition) is 5. The first-order chi connectivity index (χ1) is 11.7. The summed E-state index contributed by atoms with van der Waals surface area (Å²) in [5, 5.41) is 12.1. The highest BCUT2D eigenvalue weighted by molar-refractivity contribution is 7.99. The normalized spacial score (nSPS) is 13.9. The van der Waals surface area contributed by atoms with Crippen LogP contribution in [0, 0.1) is 6.92 Å². The predicted octanol–water partition coefficient (Wildman–Crippen LogP) is 3.06. The zero-order chi connectivity index (χ0) is 16.8. The van der Waals surface area contributed by atoms with Crippen LogP contribution in [-0.4, -0.2) is 38.7 Å². The monoisotopic (exact) mass is 362 g/mol. The van der Waals surface area contributed by atoms with Gasteiger partial charge in [0, 0.05) is 24.1 Å². The van der Waals surface area contributed by atoms with E-state index in [0.29, 0.717) is 18.3 Å². The highest BCUT2D eigenvalue weighted by atomic mass is 32.2. The third kappa shape index (κ3) is 5.01. The Morgan fingerprint density at radius 1 is 1.29 bits per heavy atom. The van der Waals surface area contributed by atoms with Crippen molar-refractivity contribution < 1.29 is 4.79 Å². The lowest BCUT2D eigenvalue weighted by atomic mass is 10.2. The fourth-order valence-corrected chi connectivity index (χ4v) is 4.11. The van der Waals surface area contributed by atoms with E-state index in [-0.39, 0.29) is 5.91 Å². The quantitative estimate of drug-likeness (QED) is 0.549. The van der Waals surface area contributed by atoms with Crippen molar-refractivity contribution in [1.82, 2.24) is 20.1 Å². The number of benzene rings is 1. The molecule has 3 rings (SSSR count). The highest BCUT2D eigenvalue weighted by Gasteiger charge is 2.28. The van der Waals surface area contributed by atoms with E-state index in [2.05, 4.69) is 44.3 Å². The number of carbonyl (C=O) groups is 1. The number of carbonyl (C=O) groups excluding carboxylic acids is 1. The molecule has 24 heavy (non-hydrogen) atoms. The number of hydrogen-bond donors (Lipinski definition) is 1. The lowest BCUT2D eigenvalue weighted by molar-refractivity contribution is -0.118. The molecular weight excluding hydrogens is 340 g/mol. The van der Waals surface area contributed by atoms with Crippen LogP contribution in [0.2, 0.25) is 0 Å². The minimum Gasteiger partial charge on any atom is -0.355 e. The largest absolute Gasteiger partial charge is 0.355 e. The van der Waals surface area contributed by atoms with Gasteiger partial charge in [-0.25, -0.2) is 0 Å². The molecule has 1 N–H and O–H groups in total. The molecule has 1 saturated carbocycles. The summed E-state index contributed by atoms with van der Waals surface area (Å²) >= 11 is 3.31. The molecule has 7 heteroatoms. The molecule has 1 aliphatic carbocycles. The molecule has 0 spiro atoms. The Morgan fingerprint density at radius 2 is 2.08 bits per heavy atom. The SMILES string of the molecule is Cc1nnc(SCC(=O)NCCSCc2ccccc2)n1C1CC1. The molecule has 1 amide bonds. The fourth-order valence-electron chi connectivity index (χ4n) is 2.41. The lowest BCUT2D eigenvalue weighted by Gasteiger charge is -2.07. The molecule has 0 bridgehead atoms. The van der Waals surface area contributed by atoms with E-state index >= 15 is 0 Å². The average molecular weight is 363 g/mol. The van der Waals surface area contributed by atoms with Gasteiger partial charge in [0.1, 0.15) is 5.82 Å². The summed E-state index contributed by atoms with van der Waals surface area (Å²) in [5.41, 5.74) is 1.32. The van der Waals surface area contributed by atoms with Gasteiger partial charge in [-0.05, 0) is 25.3 Å². The summed E-state index contributed by atoms with van der Waals surface area (Å²) in [6.07, 6.45) is 2.38. The van der Waals surface area contributed by atoms with Crippen LogP contribution in [0.15, 0.2) is 35.5 Å². The van der Waals surface area contributed by atoms with Crippen LogP contribution >= 0.6 is 23.5 Å². The van der Waals surface area contributed by atoms with Crippen molar-refractivity contribution in [2.75, 3.05) is 18.1 Å². The third-order valence-corrected chi connectivity index (χ3v) is 5.73. The van der Waals surface area contributed by atoms with E-state index in [1.807, 2.05) is 24.8 Å². The molecule has 2 aromatic rings. The minimum absolute atomic E-state index is 0.0586. The number of aromatic nitrogens is 3. The van der Waals surface area contributed by atoms with Crippen molar-refractivity contribution in [3.05, 3.63) is 41.7 Å². The first-order valence-corrected chi connectivity index (χ1v) is 10.3. The van der Waals surface area contributed by atoms with Gasteiger partial charge in [-0.2, -0.15) is 11.8 Å². The van der Waals surface area contributed by atoms with Gasteiger partial charge in [-0.1, -0.05) is 42.1 Å². The van der Waals surface area contributed by atoms with Crippen molar-refractivity contribution in [1.29, 1.82) is 0 Å². The molecule has 5 nitrogen and oxygen atoms in total. The second-order valence-corrected chi connectivity index (χ2v) is 7.86. The molecule has 0 unspecified atom stereocenters. The molecule has 1 aromatic carbocycles. The maximum atomic E-state index is 12.0. The number of thioether (sulfide) groups is 2. The number of amides is 1. The Hall–Kier alpha value is -1.47. The van der Waals surface area contributed by atoms with Gasteiger partial charge in [-0.3, -0.25) is 4.79 Å². The lowest BCUT2D eigenvalue weighted by Crippen LogP contribution is -2.27. The molecule has 0 radical (unpaired) electrons. The Labute approximate surface area is 151 Å². The molecule has 0 atom stereocenters. The zero-order valence-corrected chi connectivity index (χ0v) is 15.4. The molecule has 1 aliphatic rings. The first-order valence-electron chi connectivity index (χ1n) is 8.16. The van der Waals surface area contributed by atoms with Gasteiger partial charge < -0.3 is 9.88 Å². The number of rotatable bonds is 9. The van der Waals surface area contributed by atoms with Gasteiger partial charge in [0.25, 0.3) is 0 Å². The van der Waals surface area contributed by atoms with Crippen LogP contribution in [-0.2, 0) is 10.5 Å². The molecular formula is C17H22N4OS2. The Morgan fingerprint density at radius 3 is 2.83 bits per heavy atom. The van der Waals surface area contributed by atoms with Gasteiger partial charge in [0.05, 0.1) is 5.75 Å². The van der Waals surface area contributed by atoms with E-state index in [4.69, 9.17) is 0 Å². The number of nitrogens with one attached hydrogen (secondary N) is 1. The predicted molar refractivity (Wildman–Crippen MR) is 99.4 cm³/mol. The fraction of sp³-hybridized carbons (Fsp3) is 0.471. The van der Waals surface area contributed by atoms with Crippen molar-refractivity contribution in [2.45, 2.75) is 36.7 Å².